The van der Waals surface area contributed by atoms with Gasteiger partial charge in [0.2, 0.25) is 0 Å². The van der Waals surface area contributed by atoms with Crippen molar-refractivity contribution in [3.05, 3.63) is 17.1 Å². The topological polar surface area (TPSA) is 55.0 Å². The quantitative estimate of drug-likeness (QED) is 0.886. The van der Waals surface area contributed by atoms with Crippen LogP contribution in [0.4, 0.5) is 5.82 Å². The maximum atomic E-state index is 6.05. The Morgan fingerprint density at radius 3 is 2.42 bits per heavy atom. The SMILES string of the molecule is CCc1nc(C2CC3CCC(C2)N3C)nc(N)c1C. The number of rotatable bonds is 2. The monoisotopic (exact) mass is 260 g/mol. The van der Waals surface area contributed by atoms with E-state index in [1.807, 2.05) is 6.92 Å². The van der Waals surface area contributed by atoms with Gasteiger partial charge in [-0.2, -0.15) is 0 Å². The first-order valence-electron chi connectivity index (χ1n) is 7.45. The van der Waals surface area contributed by atoms with E-state index in [2.05, 4.69) is 23.9 Å². The fraction of sp³-hybridized carbons (Fsp3) is 0.733. The predicted octanol–water partition coefficient (Wildman–Crippen LogP) is 2.27. The van der Waals surface area contributed by atoms with Crippen molar-refractivity contribution in [2.24, 2.45) is 0 Å². The maximum Gasteiger partial charge on any atom is 0.134 e. The third kappa shape index (κ3) is 2.12. The summed E-state index contributed by atoms with van der Waals surface area (Å²) in [5, 5.41) is 0. The van der Waals surface area contributed by atoms with Gasteiger partial charge in [-0.05, 0) is 46.1 Å². The summed E-state index contributed by atoms with van der Waals surface area (Å²) in [7, 11) is 2.26. The summed E-state index contributed by atoms with van der Waals surface area (Å²) >= 11 is 0. The highest BCUT2D eigenvalue weighted by Gasteiger charge is 2.39. The molecule has 0 aliphatic carbocycles. The summed E-state index contributed by atoms with van der Waals surface area (Å²) in [5.41, 5.74) is 8.23. The van der Waals surface area contributed by atoms with Crippen LogP contribution in [0.25, 0.3) is 0 Å². The molecule has 2 saturated heterocycles. The Morgan fingerprint density at radius 1 is 1.21 bits per heavy atom. The van der Waals surface area contributed by atoms with Gasteiger partial charge >= 0.3 is 0 Å². The van der Waals surface area contributed by atoms with E-state index in [1.54, 1.807) is 0 Å². The average Bonchev–Trinajstić information content (AvgIpc) is 2.64. The second kappa shape index (κ2) is 4.75. The van der Waals surface area contributed by atoms with Crippen LogP contribution in [0.5, 0.6) is 0 Å². The molecular formula is C15H24N4. The molecule has 2 aliphatic heterocycles. The Labute approximate surface area is 115 Å². The minimum Gasteiger partial charge on any atom is -0.383 e. The molecule has 3 rings (SSSR count). The summed E-state index contributed by atoms with van der Waals surface area (Å²) in [5.74, 6) is 2.17. The van der Waals surface area contributed by atoms with Crippen LogP contribution in [-0.2, 0) is 6.42 Å². The lowest BCUT2D eigenvalue weighted by molar-refractivity contribution is 0.159. The molecule has 0 radical (unpaired) electrons. The molecule has 1 aromatic rings. The zero-order chi connectivity index (χ0) is 13.6. The number of piperidine rings is 1. The van der Waals surface area contributed by atoms with Crippen LogP contribution in [0.3, 0.4) is 0 Å². The number of nitrogens with two attached hydrogens (primary N) is 1. The lowest BCUT2D eigenvalue weighted by Gasteiger charge is -2.35. The first kappa shape index (κ1) is 12.9. The Bertz CT molecular complexity index is 471. The smallest absolute Gasteiger partial charge is 0.134 e. The van der Waals surface area contributed by atoms with Crippen LogP contribution in [0.1, 0.15) is 55.6 Å². The number of aryl methyl sites for hydroxylation is 1. The number of nitrogen functional groups attached to an aromatic ring is 1. The Balaban J connectivity index is 1.89. The first-order chi connectivity index (χ1) is 9.10. The lowest BCUT2D eigenvalue weighted by Crippen LogP contribution is -2.39. The van der Waals surface area contributed by atoms with Gasteiger partial charge in [0.05, 0.1) is 0 Å². The molecule has 0 spiro atoms. The zero-order valence-electron chi connectivity index (χ0n) is 12.2. The summed E-state index contributed by atoms with van der Waals surface area (Å²) in [6.07, 6.45) is 5.99. The molecule has 2 N–H and O–H groups in total. The predicted molar refractivity (Wildman–Crippen MR) is 77.1 cm³/mol. The van der Waals surface area contributed by atoms with Gasteiger partial charge in [0.25, 0.3) is 0 Å². The van der Waals surface area contributed by atoms with E-state index >= 15 is 0 Å². The summed E-state index contributed by atoms with van der Waals surface area (Å²) in [4.78, 5) is 11.9. The van der Waals surface area contributed by atoms with Gasteiger partial charge < -0.3 is 10.6 Å². The van der Waals surface area contributed by atoms with Crippen molar-refractivity contribution in [2.45, 2.75) is 64.0 Å². The number of anilines is 1. The largest absolute Gasteiger partial charge is 0.383 e. The Morgan fingerprint density at radius 2 is 1.84 bits per heavy atom. The van der Waals surface area contributed by atoms with Crippen LogP contribution in [-0.4, -0.2) is 34.0 Å². The van der Waals surface area contributed by atoms with Crippen molar-refractivity contribution in [3.8, 4) is 0 Å². The van der Waals surface area contributed by atoms with Crippen molar-refractivity contribution < 1.29 is 0 Å². The fourth-order valence-electron chi connectivity index (χ4n) is 3.75. The van der Waals surface area contributed by atoms with E-state index in [0.29, 0.717) is 11.7 Å². The number of fused-ring (bicyclic) bond motifs is 2. The fourth-order valence-corrected chi connectivity index (χ4v) is 3.75. The van der Waals surface area contributed by atoms with E-state index < -0.39 is 0 Å². The molecular weight excluding hydrogens is 236 g/mol. The van der Waals surface area contributed by atoms with Crippen LogP contribution >= 0.6 is 0 Å². The van der Waals surface area contributed by atoms with E-state index in [1.165, 1.54) is 25.7 Å². The van der Waals surface area contributed by atoms with Crippen molar-refractivity contribution in [2.75, 3.05) is 12.8 Å². The third-order valence-corrected chi connectivity index (χ3v) is 5.10. The number of hydrogen-bond donors (Lipinski definition) is 1. The second-order valence-corrected chi connectivity index (χ2v) is 6.11. The van der Waals surface area contributed by atoms with Crippen LogP contribution in [0.15, 0.2) is 0 Å². The molecule has 2 bridgehead atoms. The Kier molecular flexibility index (Phi) is 3.21. The standard InChI is InChI=1S/C15H24N4/c1-4-13-9(2)14(16)18-15(17-13)10-7-11-5-6-12(8-10)19(11)3/h10-12H,4-8H2,1-3H3,(H2,16,17,18). The van der Waals surface area contributed by atoms with Gasteiger partial charge in [0.1, 0.15) is 11.6 Å². The number of aromatic nitrogens is 2. The zero-order valence-corrected chi connectivity index (χ0v) is 12.2. The Hall–Kier alpha value is -1.16. The van der Waals surface area contributed by atoms with Crippen molar-refractivity contribution >= 4 is 5.82 Å². The highest BCUT2D eigenvalue weighted by molar-refractivity contribution is 5.41. The molecule has 0 aromatic carbocycles. The van der Waals surface area contributed by atoms with Crippen molar-refractivity contribution in [1.82, 2.24) is 14.9 Å². The second-order valence-electron chi connectivity index (χ2n) is 6.11. The van der Waals surface area contributed by atoms with Crippen LogP contribution < -0.4 is 5.73 Å². The molecule has 19 heavy (non-hydrogen) atoms. The number of hydrogen-bond acceptors (Lipinski definition) is 4. The van der Waals surface area contributed by atoms with Gasteiger partial charge in [0, 0.05) is 29.3 Å². The molecule has 2 atom stereocenters. The van der Waals surface area contributed by atoms with Gasteiger partial charge in [0.15, 0.2) is 0 Å². The molecule has 104 valence electrons. The highest BCUT2D eigenvalue weighted by atomic mass is 15.2. The third-order valence-electron chi connectivity index (χ3n) is 5.10. The van der Waals surface area contributed by atoms with Crippen LogP contribution in [0, 0.1) is 6.92 Å². The number of nitrogens with zero attached hydrogens (tertiary/aromatic N) is 3. The van der Waals surface area contributed by atoms with Gasteiger partial charge in [-0.1, -0.05) is 6.92 Å². The van der Waals surface area contributed by atoms with Crippen molar-refractivity contribution in [3.63, 3.8) is 0 Å². The minimum absolute atomic E-state index is 0.502. The highest BCUT2D eigenvalue weighted by Crippen LogP contribution is 2.41. The molecule has 2 aliphatic rings. The summed E-state index contributed by atoms with van der Waals surface area (Å²) < 4.78 is 0. The molecule has 0 amide bonds. The van der Waals surface area contributed by atoms with E-state index in [0.717, 1.165) is 35.6 Å². The van der Waals surface area contributed by atoms with E-state index in [-0.39, 0.29) is 0 Å². The summed E-state index contributed by atoms with van der Waals surface area (Å²) in [6, 6.07) is 1.44. The van der Waals surface area contributed by atoms with Crippen LogP contribution in [0.2, 0.25) is 0 Å². The first-order valence-corrected chi connectivity index (χ1v) is 7.45. The maximum absolute atomic E-state index is 6.05. The molecule has 4 heteroatoms. The van der Waals surface area contributed by atoms with Gasteiger partial charge in [-0.15, -0.1) is 0 Å². The van der Waals surface area contributed by atoms with Gasteiger partial charge in [-0.25, -0.2) is 9.97 Å². The lowest BCUT2D eigenvalue weighted by atomic mass is 9.90. The molecule has 1 aromatic heterocycles. The molecule has 2 unspecified atom stereocenters. The van der Waals surface area contributed by atoms with E-state index in [4.69, 9.17) is 10.7 Å². The summed E-state index contributed by atoms with van der Waals surface area (Å²) in [6.45, 7) is 4.16. The molecule has 0 saturated carbocycles. The van der Waals surface area contributed by atoms with Gasteiger partial charge in [-0.3, -0.25) is 0 Å². The normalized spacial score (nSPS) is 30.8. The molecule has 3 heterocycles. The molecule has 2 fully saturated rings. The average molecular weight is 260 g/mol. The van der Waals surface area contributed by atoms with Crippen molar-refractivity contribution in [1.29, 1.82) is 0 Å². The minimum atomic E-state index is 0.502. The molecule has 4 nitrogen and oxygen atoms in total. The van der Waals surface area contributed by atoms with E-state index in [9.17, 15) is 0 Å².